The summed E-state index contributed by atoms with van der Waals surface area (Å²) in [5.74, 6) is -0.568. The van der Waals surface area contributed by atoms with Gasteiger partial charge in [-0.2, -0.15) is 0 Å². The van der Waals surface area contributed by atoms with Gasteiger partial charge in [0, 0.05) is 11.6 Å². The van der Waals surface area contributed by atoms with Crippen molar-refractivity contribution in [1.82, 2.24) is 0 Å². The molecule has 0 aliphatic heterocycles. The van der Waals surface area contributed by atoms with Crippen LogP contribution in [0.3, 0.4) is 0 Å². The molecular weight excluding hydrogens is 268 g/mol. The van der Waals surface area contributed by atoms with Crippen molar-refractivity contribution in [3.8, 4) is 0 Å². The molecule has 1 nitrogen and oxygen atoms in total. The molecule has 2 aromatic rings. The molecule has 0 fully saturated rings. The van der Waals surface area contributed by atoms with Crippen molar-refractivity contribution in [3.63, 3.8) is 0 Å². The molecule has 0 amide bonds. The summed E-state index contributed by atoms with van der Waals surface area (Å²) in [5.41, 5.74) is 8.47. The summed E-state index contributed by atoms with van der Waals surface area (Å²) < 4.78 is 27.2. The summed E-state index contributed by atoms with van der Waals surface area (Å²) in [4.78, 5) is 0. The molecule has 0 radical (unpaired) electrons. The minimum Gasteiger partial charge on any atom is -0.327 e. The molecule has 1 atom stereocenters. The van der Waals surface area contributed by atoms with Crippen LogP contribution in [-0.2, 0) is 12.8 Å². The van der Waals surface area contributed by atoms with E-state index in [1.165, 1.54) is 23.8 Å². The Labute approximate surface area is 124 Å². The lowest BCUT2D eigenvalue weighted by molar-refractivity contribution is 0.533. The Bertz CT molecular complexity index is 570. The quantitative estimate of drug-likeness (QED) is 0.877. The molecule has 1 unspecified atom stereocenters. The van der Waals surface area contributed by atoms with E-state index in [0.717, 1.165) is 5.56 Å². The topological polar surface area (TPSA) is 26.0 Å². The highest BCUT2D eigenvalue weighted by atomic mass is 19.1. The number of benzene rings is 2. The van der Waals surface area contributed by atoms with E-state index in [-0.39, 0.29) is 18.0 Å². The van der Waals surface area contributed by atoms with E-state index in [1.807, 2.05) is 12.1 Å². The summed E-state index contributed by atoms with van der Waals surface area (Å²) in [6, 6.07) is 11.8. The van der Waals surface area contributed by atoms with Crippen LogP contribution in [-0.4, -0.2) is 6.04 Å². The molecule has 21 heavy (non-hydrogen) atoms. The van der Waals surface area contributed by atoms with Gasteiger partial charge in [-0.15, -0.1) is 0 Å². The highest BCUT2D eigenvalue weighted by Gasteiger charge is 2.13. The lowest BCUT2D eigenvalue weighted by Crippen LogP contribution is -2.26. The smallest absolute Gasteiger partial charge is 0.129 e. The van der Waals surface area contributed by atoms with Crippen LogP contribution in [0.2, 0.25) is 0 Å². The third kappa shape index (κ3) is 4.11. The van der Waals surface area contributed by atoms with E-state index in [4.69, 9.17) is 5.73 Å². The van der Waals surface area contributed by atoms with Gasteiger partial charge in [0.1, 0.15) is 11.6 Å². The molecule has 0 bridgehead atoms. The van der Waals surface area contributed by atoms with Crippen LogP contribution < -0.4 is 5.73 Å². The molecule has 2 N–H and O–H groups in total. The number of halogens is 2. The predicted molar refractivity (Wildman–Crippen MR) is 82.3 cm³/mol. The van der Waals surface area contributed by atoms with Gasteiger partial charge in [0.2, 0.25) is 0 Å². The number of hydrogen-bond acceptors (Lipinski definition) is 1. The van der Waals surface area contributed by atoms with Crippen LogP contribution >= 0.6 is 0 Å². The lowest BCUT2D eigenvalue weighted by Gasteiger charge is -2.14. The maximum atomic E-state index is 13.6. The molecule has 0 aromatic heterocycles. The first-order chi connectivity index (χ1) is 9.97. The predicted octanol–water partition coefficient (Wildman–Crippen LogP) is 4.20. The van der Waals surface area contributed by atoms with E-state index in [9.17, 15) is 8.78 Å². The van der Waals surface area contributed by atoms with Gasteiger partial charge in [-0.3, -0.25) is 0 Å². The van der Waals surface area contributed by atoms with E-state index in [2.05, 4.69) is 26.0 Å². The van der Waals surface area contributed by atoms with Crippen LogP contribution in [0.4, 0.5) is 8.78 Å². The van der Waals surface area contributed by atoms with Gasteiger partial charge in [-0.25, -0.2) is 8.78 Å². The fraction of sp³-hybridized carbons (Fsp3) is 0.333. The van der Waals surface area contributed by atoms with Gasteiger partial charge < -0.3 is 5.73 Å². The molecule has 0 spiro atoms. The Morgan fingerprint density at radius 1 is 0.905 bits per heavy atom. The van der Waals surface area contributed by atoms with Crippen LogP contribution in [0.5, 0.6) is 0 Å². The average molecular weight is 289 g/mol. The zero-order valence-corrected chi connectivity index (χ0v) is 12.4. The fourth-order valence-electron chi connectivity index (χ4n) is 2.40. The summed E-state index contributed by atoms with van der Waals surface area (Å²) in [5, 5.41) is 0. The monoisotopic (exact) mass is 289 g/mol. The Hall–Kier alpha value is -1.74. The standard InChI is InChI=1S/C18H21F2N/c1-12(2)14-8-6-13(7-9-14)10-15(21)11-16-17(19)4-3-5-18(16)20/h3-9,12,15H,10-11,21H2,1-2H3. The number of rotatable bonds is 5. The third-order valence-electron chi connectivity index (χ3n) is 3.67. The molecule has 0 heterocycles. The van der Waals surface area contributed by atoms with Crippen molar-refractivity contribution < 1.29 is 8.78 Å². The highest BCUT2D eigenvalue weighted by Crippen LogP contribution is 2.17. The van der Waals surface area contributed by atoms with Crippen molar-refractivity contribution >= 4 is 0 Å². The summed E-state index contributed by atoms with van der Waals surface area (Å²) in [6.45, 7) is 4.28. The first-order valence-electron chi connectivity index (χ1n) is 7.24. The Kier molecular flexibility index (Phi) is 5.07. The highest BCUT2D eigenvalue weighted by molar-refractivity contribution is 5.26. The molecule has 3 heteroatoms. The summed E-state index contributed by atoms with van der Waals surface area (Å²) in [7, 11) is 0. The van der Waals surface area contributed by atoms with Crippen LogP contribution in [0.25, 0.3) is 0 Å². The molecule has 0 saturated carbocycles. The fourth-order valence-corrected chi connectivity index (χ4v) is 2.40. The minimum absolute atomic E-state index is 0.0730. The normalized spacial score (nSPS) is 12.7. The van der Waals surface area contributed by atoms with Crippen molar-refractivity contribution in [1.29, 1.82) is 0 Å². The van der Waals surface area contributed by atoms with E-state index >= 15 is 0 Å². The van der Waals surface area contributed by atoms with Crippen LogP contribution in [0, 0.1) is 11.6 Å². The SMILES string of the molecule is CC(C)c1ccc(CC(N)Cc2c(F)cccc2F)cc1. The molecule has 0 aliphatic carbocycles. The molecular formula is C18H21F2N. The molecule has 112 valence electrons. The molecule has 2 aromatic carbocycles. The zero-order chi connectivity index (χ0) is 15.4. The maximum absolute atomic E-state index is 13.6. The molecule has 0 aliphatic rings. The molecule has 0 saturated heterocycles. The first-order valence-corrected chi connectivity index (χ1v) is 7.24. The maximum Gasteiger partial charge on any atom is 0.129 e. The number of nitrogens with two attached hydrogens (primary N) is 1. The van der Waals surface area contributed by atoms with Gasteiger partial charge in [-0.1, -0.05) is 44.2 Å². The number of hydrogen-bond donors (Lipinski definition) is 1. The second-order valence-electron chi connectivity index (χ2n) is 5.76. The average Bonchev–Trinajstić information content (AvgIpc) is 2.43. The second kappa shape index (κ2) is 6.81. The van der Waals surface area contributed by atoms with Crippen LogP contribution in [0.15, 0.2) is 42.5 Å². The Morgan fingerprint density at radius 3 is 2.00 bits per heavy atom. The van der Waals surface area contributed by atoms with E-state index < -0.39 is 11.6 Å². The Balaban J connectivity index is 2.03. The van der Waals surface area contributed by atoms with Gasteiger partial charge in [0.25, 0.3) is 0 Å². The van der Waals surface area contributed by atoms with E-state index in [1.54, 1.807) is 0 Å². The summed E-state index contributed by atoms with van der Waals surface area (Å²) in [6.07, 6.45) is 0.802. The van der Waals surface area contributed by atoms with Gasteiger partial charge in [0.15, 0.2) is 0 Å². The van der Waals surface area contributed by atoms with Crippen molar-refractivity contribution in [2.45, 2.75) is 38.6 Å². The summed E-state index contributed by atoms with van der Waals surface area (Å²) >= 11 is 0. The van der Waals surface area contributed by atoms with E-state index in [0.29, 0.717) is 12.3 Å². The largest absolute Gasteiger partial charge is 0.327 e. The second-order valence-corrected chi connectivity index (χ2v) is 5.76. The van der Waals surface area contributed by atoms with Crippen molar-refractivity contribution in [3.05, 3.63) is 70.8 Å². The minimum atomic E-state index is -0.527. The van der Waals surface area contributed by atoms with Crippen molar-refractivity contribution in [2.24, 2.45) is 5.73 Å². The van der Waals surface area contributed by atoms with Gasteiger partial charge >= 0.3 is 0 Å². The van der Waals surface area contributed by atoms with Gasteiger partial charge in [-0.05, 0) is 42.0 Å². The molecule has 2 rings (SSSR count). The first kappa shape index (κ1) is 15.6. The zero-order valence-electron chi connectivity index (χ0n) is 12.4. The van der Waals surface area contributed by atoms with Crippen LogP contribution in [0.1, 0.15) is 36.5 Å². The van der Waals surface area contributed by atoms with Gasteiger partial charge in [0.05, 0.1) is 0 Å². The lowest BCUT2D eigenvalue weighted by atomic mass is 9.96. The van der Waals surface area contributed by atoms with Crippen molar-refractivity contribution in [2.75, 3.05) is 0 Å². The third-order valence-corrected chi connectivity index (χ3v) is 3.67. The Morgan fingerprint density at radius 2 is 1.48 bits per heavy atom.